The minimum atomic E-state index is -1.23. The Morgan fingerprint density at radius 3 is 2.74 bits per heavy atom. The second-order valence-electron chi connectivity index (χ2n) is 6.78. The molecule has 0 fully saturated rings. The van der Waals surface area contributed by atoms with Crippen LogP contribution in [0.15, 0.2) is 47.8 Å². The molecule has 0 bridgehead atoms. The van der Waals surface area contributed by atoms with Crippen LogP contribution in [-0.2, 0) is 17.6 Å². The number of thiophene rings is 1. The van der Waals surface area contributed by atoms with Crippen LogP contribution >= 0.6 is 22.9 Å². The summed E-state index contributed by atoms with van der Waals surface area (Å²) in [6, 6.07) is 10.9. The number of benzene rings is 2. The summed E-state index contributed by atoms with van der Waals surface area (Å²) in [7, 11) is 0. The lowest BCUT2D eigenvalue weighted by Gasteiger charge is -2.26. The van der Waals surface area contributed by atoms with Crippen molar-refractivity contribution in [3.8, 4) is 5.75 Å². The number of ether oxygens (including phenoxy) is 1. The molecule has 0 radical (unpaired) electrons. The van der Waals surface area contributed by atoms with Crippen molar-refractivity contribution in [2.45, 2.75) is 12.8 Å². The Kier molecular flexibility index (Phi) is 5.75. The molecule has 0 saturated heterocycles. The van der Waals surface area contributed by atoms with Gasteiger partial charge in [-0.05, 0) is 34.7 Å². The molecule has 6 nitrogen and oxygen atoms in total. The van der Waals surface area contributed by atoms with Gasteiger partial charge in [0, 0.05) is 12.5 Å². The number of aromatic carboxylic acids is 1. The zero-order valence-corrected chi connectivity index (χ0v) is 17.5. The fourth-order valence-corrected chi connectivity index (χ4v) is 4.46. The van der Waals surface area contributed by atoms with Crippen LogP contribution in [0.5, 0.6) is 5.75 Å². The molecule has 0 atom stereocenters. The second kappa shape index (κ2) is 8.49. The molecule has 1 aliphatic heterocycles. The normalized spacial score (nSPS) is 13.3. The van der Waals surface area contributed by atoms with Crippen molar-refractivity contribution in [2.24, 2.45) is 0 Å². The van der Waals surface area contributed by atoms with E-state index in [9.17, 15) is 23.9 Å². The first-order valence-electron chi connectivity index (χ1n) is 9.23. The molecule has 1 N–H and O–H groups in total. The Balaban J connectivity index is 1.58. The molecule has 0 unspecified atom stereocenters. The van der Waals surface area contributed by atoms with Crippen molar-refractivity contribution in [3.05, 3.63) is 80.3 Å². The van der Waals surface area contributed by atoms with Gasteiger partial charge in [0.15, 0.2) is 0 Å². The first kappa shape index (κ1) is 21.0. The maximum absolute atomic E-state index is 13.7. The van der Waals surface area contributed by atoms with Crippen LogP contribution in [0.2, 0.25) is 5.02 Å². The van der Waals surface area contributed by atoms with Crippen molar-refractivity contribution in [1.29, 1.82) is 0 Å². The number of halogens is 2. The van der Waals surface area contributed by atoms with E-state index in [0.717, 1.165) is 16.2 Å². The summed E-state index contributed by atoms with van der Waals surface area (Å²) in [5, 5.41) is 11.0. The topological polar surface area (TPSA) is 83.9 Å². The van der Waals surface area contributed by atoms with Gasteiger partial charge in [-0.15, -0.1) is 11.3 Å². The zero-order valence-electron chi connectivity index (χ0n) is 15.9. The summed E-state index contributed by atoms with van der Waals surface area (Å²) in [5.41, 5.74) is 0.999. The highest BCUT2D eigenvalue weighted by molar-refractivity contribution is 7.12. The van der Waals surface area contributed by atoms with Crippen molar-refractivity contribution in [3.63, 3.8) is 0 Å². The molecule has 1 aromatic heterocycles. The van der Waals surface area contributed by atoms with Crippen LogP contribution in [0.1, 0.15) is 31.2 Å². The number of rotatable bonds is 6. The number of carboxylic acid groups (broad SMARTS) is 1. The zero-order chi connectivity index (χ0) is 22.1. The van der Waals surface area contributed by atoms with E-state index in [2.05, 4.69) is 0 Å². The van der Waals surface area contributed by atoms with Crippen LogP contribution in [-0.4, -0.2) is 29.5 Å². The minimum Gasteiger partial charge on any atom is -0.493 e. The average Bonchev–Trinajstić information content (AvgIpc) is 3.16. The SMILES string of the molecule is O=C(O)c1scc2c1C(=O)N(c1cc(OCCc3ccccc3F)ccc1Cl)C(=O)C2. The number of carbonyl (C=O) groups excluding carboxylic acids is 2. The van der Waals surface area contributed by atoms with Crippen LogP contribution < -0.4 is 9.64 Å². The van der Waals surface area contributed by atoms with Crippen LogP contribution in [0.4, 0.5) is 10.1 Å². The largest absolute Gasteiger partial charge is 0.493 e. The third kappa shape index (κ3) is 4.04. The molecule has 0 aliphatic carbocycles. The first-order valence-corrected chi connectivity index (χ1v) is 10.5. The van der Waals surface area contributed by atoms with E-state index < -0.39 is 17.8 Å². The van der Waals surface area contributed by atoms with E-state index in [1.807, 2.05) is 0 Å². The lowest BCUT2D eigenvalue weighted by atomic mass is 10.0. The number of nitrogens with zero attached hydrogens (tertiary/aromatic N) is 1. The number of carbonyl (C=O) groups is 3. The quantitative estimate of drug-likeness (QED) is 0.545. The number of anilines is 1. The minimum absolute atomic E-state index is 0.000888. The highest BCUT2D eigenvalue weighted by Crippen LogP contribution is 2.36. The maximum atomic E-state index is 13.7. The third-order valence-electron chi connectivity index (χ3n) is 4.83. The summed E-state index contributed by atoms with van der Waals surface area (Å²) >= 11 is 7.16. The highest BCUT2D eigenvalue weighted by atomic mass is 35.5. The van der Waals surface area contributed by atoms with Gasteiger partial charge in [0.05, 0.1) is 29.3 Å². The van der Waals surface area contributed by atoms with Gasteiger partial charge in [0.2, 0.25) is 5.91 Å². The summed E-state index contributed by atoms with van der Waals surface area (Å²) in [6.45, 7) is 0.168. The van der Waals surface area contributed by atoms with Crippen LogP contribution in [0.3, 0.4) is 0 Å². The van der Waals surface area contributed by atoms with Crippen molar-refractivity contribution >= 4 is 46.4 Å². The molecule has 9 heteroatoms. The Morgan fingerprint density at radius 1 is 1.23 bits per heavy atom. The molecule has 3 aromatic rings. The smallest absolute Gasteiger partial charge is 0.346 e. The van der Waals surface area contributed by atoms with E-state index in [1.54, 1.807) is 24.3 Å². The summed E-state index contributed by atoms with van der Waals surface area (Å²) < 4.78 is 19.4. The Bertz CT molecular complexity index is 1210. The predicted molar refractivity (Wildman–Crippen MR) is 114 cm³/mol. The van der Waals surface area contributed by atoms with Gasteiger partial charge in [-0.2, -0.15) is 0 Å². The van der Waals surface area contributed by atoms with E-state index >= 15 is 0 Å². The summed E-state index contributed by atoms with van der Waals surface area (Å²) in [6.07, 6.45) is 0.214. The predicted octanol–water partition coefficient (Wildman–Crippen LogP) is 4.59. The van der Waals surface area contributed by atoms with Gasteiger partial charge in [-0.3, -0.25) is 9.59 Å². The molecule has 1 aliphatic rings. The molecule has 158 valence electrons. The highest BCUT2D eigenvalue weighted by Gasteiger charge is 2.37. The van der Waals surface area contributed by atoms with Gasteiger partial charge >= 0.3 is 5.97 Å². The van der Waals surface area contributed by atoms with Crippen LogP contribution in [0.25, 0.3) is 0 Å². The Hall–Kier alpha value is -3.23. The molecular formula is C22H15ClFNO5S. The molecule has 31 heavy (non-hydrogen) atoms. The van der Waals surface area contributed by atoms with Gasteiger partial charge in [0.1, 0.15) is 16.4 Å². The third-order valence-corrected chi connectivity index (χ3v) is 6.16. The molecule has 0 spiro atoms. The van der Waals surface area contributed by atoms with Crippen molar-refractivity contribution < 1.29 is 28.6 Å². The summed E-state index contributed by atoms with van der Waals surface area (Å²) in [4.78, 5) is 37.9. The molecule has 2 heterocycles. The monoisotopic (exact) mass is 459 g/mol. The number of carboxylic acids is 1. The van der Waals surface area contributed by atoms with E-state index in [0.29, 0.717) is 23.3 Å². The number of fused-ring (bicyclic) bond motifs is 1. The maximum Gasteiger partial charge on any atom is 0.346 e. The Morgan fingerprint density at radius 2 is 2.00 bits per heavy atom. The fourth-order valence-electron chi connectivity index (χ4n) is 3.36. The van der Waals surface area contributed by atoms with Gasteiger partial charge in [-0.25, -0.2) is 14.1 Å². The number of hydrogen-bond acceptors (Lipinski definition) is 5. The molecule has 0 saturated carbocycles. The summed E-state index contributed by atoms with van der Waals surface area (Å²) in [5.74, 6) is -2.47. The first-order chi connectivity index (χ1) is 14.9. The Labute approximate surface area is 185 Å². The number of imide groups is 1. The lowest BCUT2D eigenvalue weighted by molar-refractivity contribution is -0.117. The van der Waals surface area contributed by atoms with Crippen molar-refractivity contribution in [2.75, 3.05) is 11.5 Å². The lowest BCUT2D eigenvalue weighted by Crippen LogP contribution is -2.42. The van der Waals surface area contributed by atoms with Gasteiger partial charge < -0.3 is 9.84 Å². The molecule has 2 amide bonds. The molecule has 4 rings (SSSR count). The van der Waals surface area contributed by atoms with E-state index in [1.165, 1.54) is 23.6 Å². The molecule has 2 aromatic carbocycles. The van der Waals surface area contributed by atoms with Gasteiger partial charge in [-0.1, -0.05) is 29.8 Å². The van der Waals surface area contributed by atoms with E-state index in [-0.39, 0.29) is 40.0 Å². The van der Waals surface area contributed by atoms with Crippen molar-refractivity contribution in [1.82, 2.24) is 0 Å². The average molecular weight is 460 g/mol. The number of amides is 2. The standard InChI is InChI=1S/C22H15ClFNO5S/c23-15-6-5-14(30-8-7-12-3-1-2-4-16(12)24)10-17(15)25-18(26)9-13-11-31-20(22(28)29)19(13)21(25)27/h1-6,10-11H,7-9H2,(H,28,29). The number of hydrogen-bond donors (Lipinski definition) is 1. The fraction of sp³-hybridized carbons (Fsp3) is 0.136. The second-order valence-corrected chi connectivity index (χ2v) is 8.07. The van der Waals surface area contributed by atoms with Crippen LogP contribution in [0, 0.1) is 5.82 Å². The molecular weight excluding hydrogens is 445 g/mol. The van der Waals surface area contributed by atoms with E-state index in [4.69, 9.17) is 16.3 Å². The van der Waals surface area contributed by atoms with Gasteiger partial charge in [0.25, 0.3) is 5.91 Å².